The number of nitrogens with one attached hydrogen (secondary N) is 1. The van der Waals surface area contributed by atoms with Crippen LogP contribution in [-0.2, 0) is 16.2 Å². The Morgan fingerprint density at radius 3 is 2.57 bits per heavy atom. The molecule has 1 amide bonds. The maximum absolute atomic E-state index is 12.8. The fourth-order valence-corrected chi connectivity index (χ4v) is 4.94. The zero-order valence-corrected chi connectivity index (χ0v) is 17.3. The first-order valence-corrected chi connectivity index (χ1v) is 10.2. The van der Waals surface area contributed by atoms with Gasteiger partial charge in [0.05, 0.1) is 41.1 Å². The predicted octanol–water partition coefficient (Wildman–Crippen LogP) is 3.01. The third kappa shape index (κ3) is 4.22. The van der Waals surface area contributed by atoms with E-state index in [9.17, 15) is 9.35 Å². The van der Waals surface area contributed by atoms with Crippen LogP contribution in [0.3, 0.4) is 0 Å². The lowest BCUT2D eigenvalue weighted by atomic mass is 9.81. The molecule has 1 saturated heterocycles. The molecule has 0 aromatic heterocycles. The van der Waals surface area contributed by atoms with Gasteiger partial charge in [-0.05, 0) is 42.5 Å². The molecule has 1 N–H and O–H groups in total. The molecule has 0 saturated carbocycles. The second-order valence-corrected chi connectivity index (χ2v) is 8.70. The summed E-state index contributed by atoms with van der Waals surface area (Å²) in [6.07, 6.45) is 0. The van der Waals surface area contributed by atoms with Gasteiger partial charge in [-0.1, -0.05) is 23.2 Å². The van der Waals surface area contributed by atoms with Crippen molar-refractivity contribution in [2.24, 2.45) is 5.41 Å². The van der Waals surface area contributed by atoms with Crippen LogP contribution in [0.5, 0.6) is 5.75 Å². The molecule has 2 aromatic carbocycles. The fourth-order valence-electron chi connectivity index (χ4n) is 2.91. The number of nitrogens with zero attached hydrogens (tertiary/aromatic N) is 2. The molecule has 1 fully saturated rings. The van der Waals surface area contributed by atoms with Gasteiger partial charge in [0.1, 0.15) is 17.8 Å². The van der Waals surface area contributed by atoms with Crippen molar-refractivity contribution in [2.75, 3.05) is 26.7 Å². The quantitative estimate of drug-likeness (QED) is 0.701. The molecule has 9 heteroatoms. The zero-order valence-electron chi connectivity index (χ0n) is 14.9. The second-order valence-electron chi connectivity index (χ2n) is 6.41. The van der Waals surface area contributed by atoms with E-state index in [2.05, 4.69) is 5.32 Å². The molecule has 2 aromatic rings. The Kier molecular flexibility index (Phi) is 6.38. The van der Waals surface area contributed by atoms with Gasteiger partial charge in [-0.15, -0.1) is 4.31 Å². The molecule has 28 heavy (non-hydrogen) atoms. The average Bonchev–Trinajstić information content (AvgIpc) is 2.66. The molecule has 1 atom stereocenters. The Balaban J connectivity index is 1.69. The minimum Gasteiger partial charge on any atom is -0.593 e. The maximum Gasteiger partial charge on any atom is 0.232 e. The molecule has 0 aliphatic carbocycles. The first-order chi connectivity index (χ1) is 13.4. The third-order valence-electron chi connectivity index (χ3n) is 4.48. The molecule has 1 heterocycles. The van der Waals surface area contributed by atoms with Crippen molar-refractivity contribution in [2.45, 2.75) is 4.90 Å². The normalized spacial score (nSPS) is 16.5. The van der Waals surface area contributed by atoms with E-state index in [0.29, 0.717) is 26.3 Å². The zero-order chi connectivity index (χ0) is 20.3. The number of halogens is 2. The van der Waals surface area contributed by atoms with Crippen LogP contribution in [0.4, 0.5) is 0 Å². The molecule has 1 aliphatic heterocycles. The molecule has 1 aliphatic rings. The lowest BCUT2D eigenvalue weighted by Crippen LogP contribution is -2.66. The monoisotopic (exact) mass is 437 g/mol. The van der Waals surface area contributed by atoms with Crippen molar-refractivity contribution < 1.29 is 14.1 Å². The van der Waals surface area contributed by atoms with Gasteiger partial charge in [0.2, 0.25) is 5.91 Å². The van der Waals surface area contributed by atoms with Crippen LogP contribution in [0.2, 0.25) is 10.0 Å². The summed E-state index contributed by atoms with van der Waals surface area (Å²) in [5.74, 6) is 0.374. The molecule has 1 unspecified atom stereocenters. The van der Waals surface area contributed by atoms with Gasteiger partial charge in [0, 0.05) is 12.1 Å². The summed E-state index contributed by atoms with van der Waals surface area (Å²) >= 11 is 10.5. The highest BCUT2D eigenvalue weighted by Gasteiger charge is 2.55. The van der Waals surface area contributed by atoms with Gasteiger partial charge < -0.3 is 14.6 Å². The predicted molar refractivity (Wildman–Crippen MR) is 108 cm³/mol. The smallest absolute Gasteiger partial charge is 0.232 e. The topological polar surface area (TPSA) is 88.4 Å². The highest BCUT2D eigenvalue weighted by molar-refractivity contribution is 7.89. The van der Waals surface area contributed by atoms with E-state index in [4.69, 9.17) is 33.2 Å². The van der Waals surface area contributed by atoms with E-state index in [0.717, 1.165) is 0 Å². The first kappa shape index (κ1) is 20.8. The first-order valence-electron chi connectivity index (χ1n) is 8.35. The Hall–Kier alpha value is -1.95. The number of carbonyl (C=O) groups is 1. The van der Waals surface area contributed by atoms with Gasteiger partial charge in [0.15, 0.2) is 4.90 Å². The Morgan fingerprint density at radius 1 is 1.32 bits per heavy atom. The van der Waals surface area contributed by atoms with Crippen molar-refractivity contribution >= 4 is 40.5 Å². The summed E-state index contributed by atoms with van der Waals surface area (Å²) in [5.41, 5.74) is -0.296. The van der Waals surface area contributed by atoms with Crippen LogP contribution in [0.1, 0.15) is 5.56 Å². The standard InChI is InChI=1S/C19H17Cl2N3O3S/c1-23-18(25)19(12-27-15-5-2-13(9-22)3-6-15)10-24(11-19)28(26)17-7-4-14(20)8-16(17)21/h2-8H,10-12H2,1H3,(H,23,25). The van der Waals surface area contributed by atoms with Crippen molar-refractivity contribution in [3.63, 3.8) is 0 Å². The van der Waals surface area contributed by atoms with E-state index in [-0.39, 0.29) is 25.6 Å². The summed E-state index contributed by atoms with van der Waals surface area (Å²) in [4.78, 5) is 12.9. The molecule has 0 radical (unpaired) electrons. The minimum atomic E-state index is -1.51. The number of rotatable bonds is 6. The molecule has 146 valence electrons. The number of ether oxygens (including phenoxy) is 1. The molecule has 6 nitrogen and oxygen atoms in total. The number of nitriles is 1. The lowest BCUT2D eigenvalue weighted by Gasteiger charge is -2.46. The summed E-state index contributed by atoms with van der Waals surface area (Å²) < 4.78 is 20.2. The van der Waals surface area contributed by atoms with E-state index in [1.54, 1.807) is 47.8 Å². The van der Waals surface area contributed by atoms with Crippen molar-refractivity contribution in [1.82, 2.24) is 9.62 Å². The summed E-state index contributed by atoms with van der Waals surface area (Å²) in [6.45, 7) is 0.643. The van der Waals surface area contributed by atoms with Crippen molar-refractivity contribution in [1.29, 1.82) is 5.26 Å². The van der Waals surface area contributed by atoms with Gasteiger partial charge in [-0.25, -0.2) is 0 Å². The molecular formula is C19H17Cl2N3O3S. The minimum absolute atomic E-state index is 0.126. The Labute approximate surface area is 176 Å². The van der Waals surface area contributed by atoms with Crippen LogP contribution in [0, 0.1) is 16.7 Å². The van der Waals surface area contributed by atoms with Crippen LogP contribution in [0.15, 0.2) is 47.4 Å². The number of benzene rings is 2. The van der Waals surface area contributed by atoms with Gasteiger partial charge in [-0.3, -0.25) is 4.79 Å². The van der Waals surface area contributed by atoms with Crippen molar-refractivity contribution in [3.8, 4) is 11.8 Å². The van der Waals surface area contributed by atoms with E-state index >= 15 is 0 Å². The third-order valence-corrected chi connectivity index (χ3v) is 6.60. The number of amides is 1. The van der Waals surface area contributed by atoms with Crippen LogP contribution >= 0.6 is 23.2 Å². The number of hydrogen-bond acceptors (Lipinski definition) is 5. The SMILES string of the molecule is CNC(=O)C1(COc2ccc(C#N)cc2)CN([S+]([O-])c2ccc(Cl)cc2Cl)C1. The number of hydrogen-bond donors (Lipinski definition) is 1. The van der Waals surface area contributed by atoms with E-state index < -0.39 is 16.8 Å². The Bertz CT molecular complexity index is 912. The van der Waals surface area contributed by atoms with Crippen LogP contribution in [0.25, 0.3) is 0 Å². The van der Waals surface area contributed by atoms with Crippen molar-refractivity contribution in [3.05, 3.63) is 58.1 Å². The summed E-state index contributed by atoms with van der Waals surface area (Å²) in [7, 11) is 1.56. The van der Waals surface area contributed by atoms with Gasteiger partial charge >= 0.3 is 0 Å². The molecular weight excluding hydrogens is 421 g/mol. The summed E-state index contributed by atoms with van der Waals surface area (Å²) in [6, 6.07) is 13.5. The number of carbonyl (C=O) groups excluding carboxylic acids is 1. The highest BCUT2D eigenvalue weighted by Crippen LogP contribution is 2.38. The Morgan fingerprint density at radius 2 is 2.00 bits per heavy atom. The fraction of sp³-hybridized carbons (Fsp3) is 0.263. The summed E-state index contributed by atoms with van der Waals surface area (Å²) in [5, 5.41) is 12.3. The molecule has 0 bridgehead atoms. The molecule has 0 spiro atoms. The largest absolute Gasteiger partial charge is 0.593 e. The van der Waals surface area contributed by atoms with E-state index in [1.807, 2.05) is 6.07 Å². The van der Waals surface area contributed by atoms with Gasteiger partial charge in [0.25, 0.3) is 0 Å². The molecule has 3 rings (SSSR count). The highest BCUT2D eigenvalue weighted by atomic mass is 35.5. The average molecular weight is 438 g/mol. The second kappa shape index (κ2) is 8.60. The maximum atomic E-state index is 12.8. The van der Waals surface area contributed by atoms with Crippen LogP contribution < -0.4 is 10.1 Å². The van der Waals surface area contributed by atoms with E-state index in [1.165, 1.54) is 6.07 Å². The van der Waals surface area contributed by atoms with Crippen LogP contribution in [-0.4, -0.2) is 41.5 Å². The van der Waals surface area contributed by atoms with Gasteiger partial charge in [-0.2, -0.15) is 5.26 Å². The lowest BCUT2D eigenvalue weighted by molar-refractivity contribution is -0.140.